The first kappa shape index (κ1) is 32.7. The number of fused-ring (bicyclic) bond motifs is 2. The van der Waals surface area contributed by atoms with Crippen LogP contribution in [0.5, 0.6) is 5.75 Å². The van der Waals surface area contributed by atoms with E-state index in [0.29, 0.717) is 16.9 Å². The Hall–Kier alpha value is -5.71. The molecule has 0 unspecified atom stereocenters. The average molecular weight is 638 g/mol. The molecular formula is C36H37N4O7+. The van der Waals surface area contributed by atoms with Gasteiger partial charge in [0.1, 0.15) is 30.2 Å². The van der Waals surface area contributed by atoms with Gasteiger partial charge in [-0.25, -0.2) is 9.79 Å². The zero-order valence-corrected chi connectivity index (χ0v) is 27.0. The van der Waals surface area contributed by atoms with Crippen LogP contribution in [0.1, 0.15) is 35.3 Å². The van der Waals surface area contributed by atoms with Crippen molar-refractivity contribution in [3.63, 3.8) is 0 Å². The fourth-order valence-electron chi connectivity index (χ4n) is 5.47. The summed E-state index contributed by atoms with van der Waals surface area (Å²) in [6, 6.07) is 20.7. The number of nitrogens with zero attached hydrogens (tertiary/aromatic N) is 2. The number of likely N-dealkylation sites (N-methyl/N-ethyl adjacent to an activating group) is 1. The standard InChI is InChI=1S/C36H36N4O7/c1-6-37-30-20-32-28(18-22(30)3)34(29-19-23(4)31(38-7-2)21-33(29)47-32)26-10-8-9-11-27(26)35(41)39(5)16-17-45-36(42)46-25-14-12-24(13-15-25)40(43)44/h8-15,18-21,37H,6-7,16-17H2,1-5H3/p+1. The molecule has 0 radical (unpaired) electrons. The highest BCUT2D eigenvalue weighted by molar-refractivity contribution is 6.09. The fraction of sp³-hybridized carbons (Fsp3) is 0.250. The second kappa shape index (κ2) is 14.2. The molecule has 242 valence electrons. The van der Waals surface area contributed by atoms with Gasteiger partial charge in [-0.2, -0.15) is 0 Å². The van der Waals surface area contributed by atoms with Crippen LogP contribution in [0, 0.1) is 24.0 Å². The number of nitrogens with one attached hydrogen (secondary N) is 2. The van der Waals surface area contributed by atoms with Crippen LogP contribution in [0.4, 0.5) is 16.2 Å². The van der Waals surface area contributed by atoms with Crippen LogP contribution >= 0.6 is 0 Å². The van der Waals surface area contributed by atoms with Crippen LogP contribution in [-0.2, 0) is 4.74 Å². The van der Waals surface area contributed by atoms with Crippen molar-refractivity contribution in [2.75, 3.05) is 38.6 Å². The molecule has 0 saturated carbocycles. The van der Waals surface area contributed by atoms with Gasteiger partial charge in [-0.3, -0.25) is 14.9 Å². The summed E-state index contributed by atoms with van der Waals surface area (Å²) < 4.78 is 16.8. The molecule has 0 saturated heterocycles. The van der Waals surface area contributed by atoms with E-state index in [2.05, 4.69) is 22.4 Å². The third-order valence-electron chi connectivity index (χ3n) is 7.82. The lowest BCUT2D eigenvalue weighted by atomic mass is 9.89. The van der Waals surface area contributed by atoms with Gasteiger partial charge in [-0.05, 0) is 69.2 Å². The van der Waals surface area contributed by atoms with Gasteiger partial charge in [0.15, 0.2) is 0 Å². The molecule has 2 aliphatic rings. The van der Waals surface area contributed by atoms with E-state index < -0.39 is 11.1 Å². The lowest BCUT2D eigenvalue weighted by Gasteiger charge is -2.22. The Balaban J connectivity index is 1.46. The monoisotopic (exact) mass is 637 g/mol. The van der Waals surface area contributed by atoms with E-state index >= 15 is 0 Å². The summed E-state index contributed by atoms with van der Waals surface area (Å²) in [7, 11) is 1.64. The number of carbonyl (C=O) groups excluding carboxylic acids is 2. The molecule has 1 heterocycles. The van der Waals surface area contributed by atoms with Crippen LogP contribution in [-0.4, -0.2) is 55.2 Å². The summed E-state index contributed by atoms with van der Waals surface area (Å²) in [5.41, 5.74) is 6.65. The fourth-order valence-corrected chi connectivity index (χ4v) is 5.47. The highest BCUT2D eigenvalue weighted by Gasteiger charge is 2.25. The number of rotatable bonds is 10. The van der Waals surface area contributed by atoms with Crippen molar-refractivity contribution in [3.05, 3.63) is 105 Å². The molecule has 0 fully saturated rings. The number of ether oxygens (including phenoxy) is 2. The second-order valence-corrected chi connectivity index (χ2v) is 11.1. The second-order valence-electron chi connectivity index (χ2n) is 11.1. The predicted octanol–water partition coefficient (Wildman–Crippen LogP) is 5.45. The normalized spacial score (nSPS) is 11.5. The molecule has 47 heavy (non-hydrogen) atoms. The molecular weight excluding hydrogens is 600 g/mol. The van der Waals surface area contributed by atoms with Crippen LogP contribution in [0.25, 0.3) is 33.4 Å². The van der Waals surface area contributed by atoms with Crippen molar-refractivity contribution in [2.45, 2.75) is 27.7 Å². The zero-order valence-electron chi connectivity index (χ0n) is 27.0. The average Bonchev–Trinajstić information content (AvgIpc) is 3.05. The number of anilines is 1. The van der Waals surface area contributed by atoms with Gasteiger partial charge in [0.05, 0.1) is 17.5 Å². The summed E-state index contributed by atoms with van der Waals surface area (Å²) in [6.45, 7) is 9.69. The Morgan fingerprint density at radius 1 is 0.979 bits per heavy atom. The maximum atomic E-state index is 13.9. The van der Waals surface area contributed by atoms with Crippen LogP contribution in [0.15, 0.2) is 77.2 Å². The van der Waals surface area contributed by atoms with E-state index in [1.54, 1.807) is 13.1 Å². The molecule has 2 N–H and O–H groups in total. The number of nitro groups is 1. The summed E-state index contributed by atoms with van der Waals surface area (Å²) in [6.07, 6.45) is -0.981. The molecule has 1 aliphatic carbocycles. The minimum Gasteiger partial charge on any atom is -0.456 e. The SMILES string of the molecule is CCNc1cc2oc3cc(=[NH+]CC)c(C)cc-3c(-c3ccccc3C(=O)N(C)CCOC(=O)Oc3ccc([N+](=O)[O-])cc3)c2cc1C. The number of benzene rings is 4. The highest BCUT2D eigenvalue weighted by atomic mass is 16.7. The van der Waals surface area contributed by atoms with Crippen LogP contribution in [0.2, 0.25) is 0 Å². The molecule has 0 aromatic heterocycles. The first-order valence-corrected chi connectivity index (χ1v) is 15.4. The van der Waals surface area contributed by atoms with Crippen molar-refractivity contribution in [1.29, 1.82) is 0 Å². The molecule has 1 amide bonds. The quantitative estimate of drug-likeness (QED) is 0.0678. The van der Waals surface area contributed by atoms with E-state index in [1.807, 2.05) is 58.0 Å². The zero-order chi connectivity index (χ0) is 33.7. The lowest BCUT2D eigenvalue weighted by molar-refractivity contribution is -0.496. The van der Waals surface area contributed by atoms with Gasteiger partial charge in [0.25, 0.3) is 11.6 Å². The Bertz CT molecular complexity index is 2000. The first-order chi connectivity index (χ1) is 22.6. The molecule has 0 atom stereocenters. The highest BCUT2D eigenvalue weighted by Crippen LogP contribution is 2.43. The Kier molecular flexibility index (Phi) is 9.84. The number of hydrogen-bond acceptors (Lipinski definition) is 8. The molecule has 0 bridgehead atoms. The van der Waals surface area contributed by atoms with Crippen molar-refractivity contribution in [1.82, 2.24) is 4.90 Å². The van der Waals surface area contributed by atoms with Gasteiger partial charge in [0, 0.05) is 65.1 Å². The van der Waals surface area contributed by atoms with Crippen molar-refractivity contribution < 1.29 is 33.4 Å². The molecule has 3 aromatic carbocycles. The van der Waals surface area contributed by atoms with E-state index in [0.717, 1.165) is 57.3 Å². The molecule has 1 aliphatic heterocycles. The molecule has 11 nitrogen and oxygen atoms in total. The molecule has 0 spiro atoms. The van der Waals surface area contributed by atoms with Crippen molar-refractivity contribution >= 4 is 34.4 Å². The Labute approximate surface area is 271 Å². The van der Waals surface area contributed by atoms with Gasteiger partial charge in [-0.15, -0.1) is 0 Å². The topological polar surface area (TPSA) is 138 Å². The number of nitro benzene ring substituents is 1. The number of carbonyl (C=O) groups is 2. The minimum atomic E-state index is -0.981. The van der Waals surface area contributed by atoms with E-state index in [-0.39, 0.29) is 30.5 Å². The molecule has 11 heteroatoms. The number of amides is 1. The molecule has 5 rings (SSSR count). The lowest BCUT2D eigenvalue weighted by Crippen LogP contribution is -2.76. The largest absolute Gasteiger partial charge is 0.513 e. The number of aryl methyl sites for hydroxylation is 2. The Morgan fingerprint density at radius 2 is 1.72 bits per heavy atom. The number of hydrogen-bond donors (Lipinski definition) is 2. The van der Waals surface area contributed by atoms with Crippen molar-refractivity contribution in [2.24, 2.45) is 0 Å². The third-order valence-corrected chi connectivity index (χ3v) is 7.82. The van der Waals surface area contributed by atoms with E-state index in [4.69, 9.17) is 13.9 Å². The van der Waals surface area contributed by atoms with Gasteiger partial charge < -0.3 is 24.1 Å². The maximum Gasteiger partial charge on any atom is 0.513 e. The summed E-state index contributed by atoms with van der Waals surface area (Å²) in [5.74, 6) is 0.543. The number of non-ortho nitro benzene ring substituents is 1. The maximum absolute atomic E-state index is 13.9. The third kappa shape index (κ3) is 7.09. The summed E-state index contributed by atoms with van der Waals surface area (Å²) in [5, 5.41) is 16.1. The van der Waals surface area contributed by atoms with Gasteiger partial charge in [-0.1, -0.05) is 18.2 Å². The van der Waals surface area contributed by atoms with E-state index in [1.165, 1.54) is 29.2 Å². The first-order valence-electron chi connectivity index (χ1n) is 15.4. The molecule has 3 aromatic rings. The Morgan fingerprint density at radius 3 is 2.43 bits per heavy atom. The smallest absolute Gasteiger partial charge is 0.456 e. The van der Waals surface area contributed by atoms with Gasteiger partial charge in [0.2, 0.25) is 5.36 Å². The van der Waals surface area contributed by atoms with Crippen LogP contribution in [0.3, 0.4) is 0 Å². The summed E-state index contributed by atoms with van der Waals surface area (Å²) >= 11 is 0. The van der Waals surface area contributed by atoms with E-state index in [9.17, 15) is 19.7 Å². The summed E-state index contributed by atoms with van der Waals surface area (Å²) in [4.78, 5) is 41.3. The van der Waals surface area contributed by atoms with Crippen LogP contribution < -0.4 is 20.4 Å². The predicted molar refractivity (Wildman–Crippen MR) is 179 cm³/mol. The van der Waals surface area contributed by atoms with Gasteiger partial charge >= 0.3 is 6.16 Å². The minimum absolute atomic E-state index is 0.102. The van der Waals surface area contributed by atoms with Crippen molar-refractivity contribution in [3.8, 4) is 28.2 Å².